The van der Waals surface area contributed by atoms with Crippen LogP contribution in [0.4, 0.5) is 10.2 Å². The Kier molecular flexibility index (Phi) is 10.4. The molecule has 1 fully saturated rings. The number of ether oxygens (including phenoxy) is 2. The summed E-state index contributed by atoms with van der Waals surface area (Å²) in [5, 5.41) is 18.9. The summed E-state index contributed by atoms with van der Waals surface area (Å²) in [4.78, 5) is 26.1. The van der Waals surface area contributed by atoms with Crippen LogP contribution in [0.3, 0.4) is 0 Å². The first-order chi connectivity index (χ1) is 22.2. The maximum absolute atomic E-state index is 16.0. The Morgan fingerprint density at radius 1 is 1.26 bits per heavy atom. The standard InChI is InChI=1S/C31H39ClFN6O6PS/c1-18(29(41)42-15-30(3,4)5)38-46(47,45-22-13-9-11-20-10-7-8-12-21(20)22)43-16-31(14-32)25(40)23(33)28(44-31)39-17-35-24-26(34-6)36-19(2)37-27(24)39/h7-13,17-18,23,25,28,40H,14-16H2,1-6H3,(H,38,47)(H,34,36,37)/t18-,23+,25+,28-,31-,46-/m1/s1. The number of aromatic nitrogens is 4. The summed E-state index contributed by atoms with van der Waals surface area (Å²) < 4.78 is 41.6. The van der Waals surface area contributed by atoms with Gasteiger partial charge in [0.1, 0.15) is 29.3 Å². The van der Waals surface area contributed by atoms with Crippen molar-refractivity contribution in [3.63, 3.8) is 0 Å². The molecule has 0 bridgehead atoms. The highest BCUT2D eigenvalue weighted by molar-refractivity contribution is 8.09. The molecule has 1 saturated heterocycles. The zero-order valence-electron chi connectivity index (χ0n) is 26.9. The fourth-order valence-corrected chi connectivity index (χ4v) is 7.82. The number of hydrogen-bond acceptors (Lipinski definition) is 11. The van der Waals surface area contributed by atoms with Crippen molar-refractivity contribution in [1.82, 2.24) is 24.6 Å². The van der Waals surface area contributed by atoms with E-state index < -0.39 is 49.4 Å². The van der Waals surface area contributed by atoms with E-state index >= 15 is 4.39 Å². The van der Waals surface area contributed by atoms with Gasteiger partial charge in [0, 0.05) is 12.4 Å². The van der Waals surface area contributed by atoms with Gasteiger partial charge in [0.25, 0.3) is 0 Å². The molecule has 12 nitrogen and oxygen atoms in total. The highest BCUT2D eigenvalue weighted by atomic mass is 35.5. The molecule has 2 aromatic heterocycles. The summed E-state index contributed by atoms with van der Waals surface area (Å²) in [7, 11) is 1.69. The minimum absolute atomic E-state index is 0.184. The van der Waals surface area contributed by atoms with Gasteiger partial charge in [-0.2, -0.15) is 0 Å². The lowest BCUT2D eigenvalue weighted by Gasteiger charge is -2.33. The Morgan fingerprint density at radius 2 is 1.98 bits per heavy atom. The first-order valence-corrected chi connectivity index (χ1v) is 18.2. The number of esters is 1. The Balaban J connectivity index is 1.44. The van der Waals surface area contributed by atoms with Crippen molar-refractivity contribution in [2.24, 2.45) is 5.41 Å². The monoisotopic (exact) mass is 708 g/mol. The van der Waals surface area contributed by atoms with Crippen molar-refractivity contribution < 1.29 is 32.8 Å². The summed E-state index contributed by atoms with van der Waals surface area (Å²) in [5.74, 6) is 0.373. The minimum atomic E-state index is -3.65. The molecule has 2 aromatic carbocycles. The van der Waals surface area contributed by atoms with Gasteiger partial charge in [-0.1, -0.05) is 57.2 Å². The average molecular weight is 709 g/mol. The number of nitrogens with zero attached hydrogens (tertiary/aromatic N) is 4. The van der Waals surface area contributed by atoms with Gasteiger partial charge in [0.15, 0.2) is 29.4 Å². The third-order valence-electron chi connectivity index (χ3n) is 7.54. The number of anilines is 1. The Bertz CT molecular complexity index is 1800. The minimum Gasteiger partial charge on any atom is -0.464 e. The first kappa shape index (κ1) is 35.3. The van der Waals surface area contributed by atoms with Gasteiger partial charge in [-0.15, -0.1) is 11.6 Å². The van der Waals surface area contributed by atoms with E-state index in [2.05, 4.69) is 25.4 Å². The Hall–Kier alpha value is -2.97. The molecule has 47 heavy (non-hydrogen) atoms. The van der Waals surface area contributed by atoms with E-state index in [0.29, 0.717) is 28.6 Å². The van der Waals surface area contributed by atoms with Gasteiger partial charge in [-0.05, 0) is 42.5 Å². The smallest absolute Gasteiger partial charge is 0.323 e. The van der Waals surface area contributed by atoms with Crippen LogP contribution in [0.5, 0.6) is 5.75 Å². The molecule has 0 saturated carbocycles. The van der Waals surface area contributed by atoms with Crippen LogP contribution in [-0.2, 0) is 30.6 Å². The van der Waals surface area contributed by atoms with Gasteiger partial charge in [0.05, 0.1) is 25.4 Å². The van der Waals surface area contributed by atoms with E-state index in [-0.39, 0.29) is 17.9 Å². The van der Waals surface area contributed by atoms with E-state index in [1.165, 1.54) is 10.9 Å². The average Bonchev–Trinajstić information content (AvgIpc) is 3.56. The number of hydrogen-bond donors (Lipinski definition) is 3. The van der Waals surface area contributed by atoms with Gasteiger partial charge in [-0.3, -0.25) is 9.36 Å². The quantitative estimate of drug-likeness (QED) is 0.0983. The van der Waals surface area contributed by atoms with E-state index in [1.807, 2.05) is 51.1 Å². The number of carbonyl (C=O) groups excluding carboxylic acids is 1. The van der Waals surface area contributed by atoms with Gasteiger partial charge < -0.3 is 28.9 Å². The van der Waals surface area contributed by atoms with Crippen LogP contribution < -0.4 is 14.9 Å². The second-order valence-corrected chi connectivity index (χ2v) is 16.1. The zero-order valence-corrected chi connectivity index (χ0v) is 29.4. The van der Waals surface area contributed by atoms with Crippen molar-refractivity contribution in [3.05, 3.63) is 54.6 Å². The lowest BCUT2D eigenvalue weighted by Crippen LogP contribution is -2.48. The number of fused-ring (bicyclic) bond motifs is 2. The summed E-state index contributed by atoms with van der Waals surface area (Å²) in [5.41, 5.74) is -1.31. The Labute approximate surface area is 282 Å². The first-order valence-electron chi connectivity index (χ1n) is 15.0. The molecule has 1 aliphatic rings. The van der Waals surface area contributed by atoms with Crippen LogP contribution >= 0.6 is 18.2 Å². The van der Waals surface area contributed by atoms with Crippen molar-refractivity contribution in [3.8, 4) is 5.75 Å². The summed E-state index contributed by atoms with van der Waals surface area (Å²) in [6.45, 7) is 5.17. The number of halogens is 2. The molecule has 0 amide bonds. The fourth-order valence-electron chi connectivity index (χ4n) is 5.08. The highest BCUT2D eigenvalue weighted by Gasteiger charge is 2.57. The molecule has 0 aliphatic carbocycles. The normalized spacial score (nSPS) is 23.5. The number of aryl methyl sites for hydroxylation is 1. The number of carbonyl (C=O) groups is 1. The number of imidazole rings is 1. The molecular weight excluding hydrogens is 670 g/mol. The number of rotatable bonds is 12. The van der Waals surface area contributed by atoms with Gasteiger partial charge >= 0.3 is 12.6 Å². The second-order valence-electron chi connectivity index (χ2n) is 12.6. The van der Waals surface area contributed by atoms with E-state index in [4.69, 9.17) is 41.9 Å². The number of alkyl halides is 2. The van der Waals surface area contributed by atoms with Crippen LogP contribution in [0.25, 0.3) is 21.9 Å². The van der Waals surface area contributed by atoms with Crippen molar-refractivity contribution >= 4 is 63.8 Å². The molecule has 3 heterocycles. The molecule has 5 rings (SSSR count). The van der Waals surface area contributed by atoms with Crippen LogP contribution in [0, 0.1) is 12.3 Å². The molecule has 6 atom stereocenters. The summed E-state index contributed by atoms with van der Waals surface area (Å²) in [6, 6.07) is 12.1. The molecule has 3 N–H and O–H groups in total. The predicted octanol–water partition coefficient (Wildman–Crippen LogP) is 5.42. The molecule has 1 aliphatic heterocycles. The van der Waals surface area contributed by atoms with Gasteiger partial charge in [-0.25, -0.2) is 24.4 Å². The largest absolute Gasteiger partial charge is 0.464 e. The number of nitrogens with one attached hydrogen (secondary N) is 2. The van der Waals surface area contributed by atoms with Crippen LogP contribution in [0.15, 0.2) is 48.8 Å². The number of benzene rings is 2. The van der Waals surface area contributed by atoms with Crippen molar-refractivity contribution in [2.75, 3.05) is 31.5 Å². The predicted molar refractivity (Wildman–Crippen MR) is 182 cm³/mol. The second kappa shape index (κ2) is 13.9. The molecule has 0 unspecified atom stereocenters. The van der Waals surface area contributed by atoms with E-state index in [0.717, 1.165) is 10.8 Å². The maximum atomic E-state index is 16.0. The van der Waals surface area contributed by atoms with Crippen molar-refractivity contribution in [1.29, 1.82) is 0 Å². The number of aliphatic hydroxyl groups excluding tert-OH is 1. The van der Waals surface area contributed by atoms with Crippen LogP contribution in [0.2, 0.25) is 0 Å². The summed E-state index contributed by atoms with van der Waals surface area (Å²) >= 11 is 12.3. The van der Waals surface area contributed by atoms with Crippen LogP contribution in [0.1, 0.15) is 39.7 Å². The molecule has 0 spiro atoms. The molecule has 4 aromatic rings. The third kappa shape index (κ3) is 7.54. The van der Waals surface area contributed by atoms with E-state index in [9.17, 15) is 9.90 Å². The number of aliphatic hydroxyl groups is 1. The highest BCUT2D eigenvalue weighted by Crippen LogP contribution is 2.50. The summed E-state index contributed by atoms with van der Waals surface area (Å²) in [6.07, 6.45) is -3.66. The molecule has 254 valence electrons. The van der Waals surface area contributed by atoms with Gasteiger partial charge in [0.2, 0.25) is 0 Å². The SMILES string of the molecule is CNc1nc(C)nc2c1ncn2[C@@H]1O[C@](CCl)(CO[P@](=S)(N[C@H](C)C(=O)OCC(C)(C)C)Oc2cccc3ccccc23)[C@@H](O)[C@@H]1F. The lowest BCUT2D eigenvalue weighted by atomic mass is 9.99. The molecular formula is C31H39ClFN6O6PS. The molecule has 0 radical (unpaired) electrons. The lowest BCUT2D eigenvalue weighted by molar-refractivity contribution is -0.148. The fraction of sp³-hybridized carbons (Fsp3) is 0.484. The molecule has 16 heteroatoms. The topological polar surface area (TPSA) is 142 Å². The van der Waals surface area contributed by atoms with Crippen LogP contribution in [-0.4, -0.2) is 80.7 Å². The maximum Gasteiger partial charge on any atom is 0.323 e. The van der Waals surface area contributed by atoms with E-state index in [1.54, 1.807) is 33.0 Å². The third-order valence-corrected chi connectivity index (χ3v) is 10.5. The van der Waals surface area contributed by atoms with Crippen molar-refractivity contribution in [2.45, 2.75) is 64.8 Å². The zero-order chi connectivity index (χ0) is 34.1. The Morgan fingerprint density at radius 3 is 2.68 bits per heavy atom.